The molecule has 44 heavy (non-hydrogen) atoms. The van der Waals surface area contributed by atoms with Gasteiger partial charge in [-0.2, -0.15) is 0 Å². The van der Waals surface area contributed by atoms with Gasteiger partial charge in [-0.25, -0.2) is 4.98 Å². The molecule has 0 fully saturated rings. The predicted molar refractivity (Wildman–Crippen MR) is 173 cm³/mol. The molecule has 4 aromatic rings. The number of hydrogen-bond donors (Lipinski definition) is 3. The first-order chi connectivity index (χ1) is 21.2. The number of amides is 2. The Bertz CT molecular complexity index is 1730. The van der Waals surface area contributed by atoms with Crippen LogP contribution in [0.1, 0.15) is 43.6 Å². The number of methoxy groups -OCH3 is 1. The maximum absolute atomic E-state index is 13.3. The van der Waals surface area contributed by atoms with Crippen molar-refractivity contribution in [3.63, 3.8) is 0 Å². The van der Waals surface area contributed by atoms with Crippen molar-refractivity contribution in [2.75, 3.05) is 37.9 Å². The maximum atomic E-state index is 13.3. The van der Waals surface area contributed by atoms with Crippen LogP contribution < -0.4 is 20.7 Å². The van der Waals surface area contributed by atoms with Crippen molar-refractivity contribution in [3.8, 4) is 16.9 Å². The van der Waals surface area contributed by atoms with E-state index in [1.54, 1.807) is 31.5 Å². The van der Waals surface area contributed by atoms with Crippen LogP contribution in [-0.2, 0) is 26.6 Å². The van der Waals surface area contributed by atoms with Crippen molar-refractivity contribution in [1.82, 2.24) is 24.8 Å². The molecule has 0 spiro atoms. The number of nitrogens with zero attached hydrogens (tertiary/aromatic N) is 4. The predicted octanol–water partition coefficient (Wildman–Crippen LogP) is 5.22. The van der Waals surface area contributed by atoms with Crippen molar-refractivity contribution in [1.29, 1.82) is 0 Å². The molecule has 228 valence electrons. The van der Waals surface area contributed by atoms with Gasteiger partial charge in [0.1, 0.15) is 11.4 Å². The lowest BCUT2D eigenvalue weighted by Gasteiger charge is -2.21. The molecule has 1 aliphatic heterocycles. The third-order valence-corrected chi connectivity index (χ3v) is 8.18. The lowest BCUT2D eigenvalue weighted by molar-refractivity contribution is 0.100. The minimum Gasteiger partial charge on any atom is -0.496 e. The number of aromatic nitrogens is 3. The number of imidazole rings is 1. The third kappa shape index (κ3) is 6.37. The fourth-order valence-corrected chi connectivity index (χ4v) is 5.62. The van der Waals surface area contributed by atoms with Crippen LogP contribution in [0.25, 0.3) is 11.1 Å². The second-order valence-corrected chi connectivity index (χ2v) is 11.1. The van der Waals surface area contributed by atoms with Gasteiger partial charge >= 0.3 is 0 Å². The Morgan fingerprint density at radius 1 is 1.09 bits per heavy atom. The summed E-state index contributed by atoms with van der Waals surface area (Å²) in [7, 11) is 5.47. The Hall–Kier alpha value is -4.51. The van der Waals surface area contributed by atoms with Gasteiger partial charge in [0.2, 0.25) is 0 Å². The number of pyridine rings is 1. The van der Waals surface area contributed by atoms with Crippen LogP contribution in [0.3, 0.4) is 0 Å². The highest BCUT2D eigenvalue weighted by Crippen LogP contribution is 2.37. The molecule has 0 unspecified atom stereocenters. The number of hydrogen-bond acceptors (Lipinski definition) is 7. The van der Waals surface area contributed by atoms with Crippen LogP contribution in [0, 0.1) is 6.92 Å². The largest absolute Gasteiger partial charge is 0.496 e. The summed E-state index contributed by atoms with van der Waals surface area (Å²) in [5.74, 6) is 0.215. The molecule has 3 N–H and O–H groups in total. The van der Waals surface area contributed by atoms with E-state index in [0.717, 1.165) is 46.6 Å². The number of benzene rings is 2. The summed E-state index contributed by atoms with van der Waals surface area (Å²) >= 11 is 6.88. The van der Waals surface area contributed by atoms with Crippen LogP contribution in [0.4, 0.5) is 11.4 Å². The lowest BCUT2D eigenvalue weighted by Crippen LogP contribution is -2.27. The van der Waals surface area contributed by atoms with Crippen molar-refractivity contribution >= 4 is 34.8 Å². The Labute approximate surface area is 262 Å². The summed E-state index contributed by atoms with van der Waals surface area (Å²) in [5, 5.41) is 9.51. The van der Waals surface area contributed by atoms with Crippen molar-refractivity contribution in [2.24, 2.45) is 7.05 Å². The first kappa shape index (κ1) is 30.9. The monoisotopic (exact) mass is 613 g/mol. The number of likely N-dealkylation sites (N-methyl/N-ethyl adjacent to an activating group) is 1. The Morgan fingerprint density at radius 2 is 1.82 bits per heavy atom. The minimum absolute atomic E-state index is 0.226. The summed E-state index contributed by atoms with van der Waals surface area (Å²) in [6.45, 7) is 8.42. The number of carbonyl (C=O) groups excluding carboxylic acids is 2. The first-order valence-electron chi connectivity index (χ1n) is 14.3. The number of nitrogens with one attached hydrogen (secondary N) is 3. The average Bonchev–Trinajstić information content (AvgIpc) is 3.34. The second-order valence-electron chi connectivity index (χ2n) is 10.7. The normalized spacial score (nSPS) is 12.8. The Morgan fingerprint density at radius 3 is 2.57 bits per heavy atom. The van der Waals surface area contributed by atoms with Crippen LogP contribution in [0.15, 0.2) is 61.3 Å². The highest BCUT2D eigenvalue weighted by Gasteiger charge is 2.25. The van der Waals surface area contributed by atoms with Gasteiger partial charge in [-0.15, -0.1) is 6.58 Å². The van der Waals surface area contributed by atoms with Crippen LogP contribution in [0.2, 0.25) is 5.02 Å². The van der Waals surface area contributed by atoms with E-state index in [1.807, 2.05) is 55.9 Å². The van der Waals surface area contributed by atoms with Crippen LogP contribution in [-0.4, -0.2) is 58.5 Å². The van der Waals surface area contributed by atoms with Crippen molar-refractivity contribution in [3.05, 3.63) is 100 Å². The summed E-state index contributed by atoms with van der Waals surface area (Å²) < 4.78 is 7.36. The average molecular weight is 614 g/mol. The molecular formula is C33H36ClN7O3. The van der Waals surface area contributed by atoms with E-state index in [4.69, 9.17) is 16.3 Å². The number of rotatable bonds is 10. The van der Waals surface area contributed by atoms with Crippen LogP contribution >= 0.6 is 11.6 Å². The first-order valence-corrected chi connectivity index (χ1v) is 14.7. The van der Waals surface area contributed by atoms with Gasteiger partial charge in [0.15, 0.2) is 5.82 Å². The number of carbonyl (C=O) groups is 2. The Balaban J connectivity index is 1.36. The van der Waals surface area contributed by atoms with Gasteiger partial charge in [-0.3, -0.25) is 14.6 Å². The zero-order valence-electron chi connectivity index (χ0n) is 25.3. The molecular weight excluding hydrogens is 578 g/mol. The fourth-order valence-electron chi connectivity index (χ4n) is 5.35. The van der Waals surface area contributed by atoms with E-state index in [-0.39, 0.29) is 17.5 Å². The van der Waals surface area contributed by atoms with E-state index < -0.39 is 0 Å². The second kappa shape index (κ2) is 13.4. The fraction of sp³-hybridized carbons (Fsp3) is 0.273. The number of halogens is 1. The zero-order chi connectivity index (χ0) is 31.4. The molecule has 5 rings (SSSR count). The van der Waals surface area contributed by atoms with Gasteiger partial charge in [0.05, 0.1) is 23.5 Å². The lowest BCUT2D eigenvalue weighted by atomic mass is 9.98. The van der Waals surface area contributed by atoms with E-state index in [9.17, 15) is 9.59 Å². The standard InChI is InChI=1S/C33H36ClN7O3/c1-6-14-35-17-21-18-36-26(16-29(21)44-5)32(42)38-24-11-7-9-22(20(24)2)23-10-8-12-25(30(23)34)39-33(43)31-37-27-19-40(3)15-13-28(27)41(31)4/h6-12,16,18,35H,1,13-15,17,19H2,2-5H3,(H,38,42)(H,39,43). The molecule has 11 heteroatoms. The smallest absolute Gasteiger partial charge is 0.291 e. The minimum atomic E-state index is -0.370. The van der Waals surface area contributed by atoms with Gasteiger partial charge in [-0.1, -0.05) is 41.9 Å². The topological polar surface area (TPSA) is 113 Å². The highest BCUT2D eigenvalue weighted by molar-refractivity contribution is 6.36. The van der Waals surface area contributed by atoms with Gasteiger partial charge in [0, 0.05) is 74.4 Å². The molecule has 0 bridgehead atoms. The summed E-state index contributed by atoms with van der Waals surface area (Å²) in [6.07, 6.45) is 4.24. The molecule has 0 saturated heterocycles. The van der Waals surface area contributed by atoms with Gasteiger partial charge < -0.3 is 30.2 Å². The summed E-state index contributed by atoms with van der Waals surface area (Å²) in [6, 6.07) is 12.7. The third-order valence-electron chi connectivity index (χ3n) is 7.77. The van der Waals surface area contributed by atoms with Crippen LogP contribution in [0.5, 0.6) is 5.75 Å². The number of anilines is 2. The molecule has 1 aliphatic rings. The quantitative estimate of drug-likeness (QED) is 0.166. The summed E-state index contributed by atoms with van der Waals surface area (Å²) in [5.41, 5.74) is 6.48. The number of fused-ring (bicyclic) bond motifs is 1. The summed E-state index contributed by atoms with van der Waals surface area (Å²) in [4.78, 5) is 37.7. The van der Waals surface area contributed by atoms with E-state index in [1.165, 1.54) is 0 Å². The SMILES string of the molecule is C=CCNCc1cnc(C(=O)Nc2cccc(-c3cccc(NC(=O)c4nc5c(n4C)CCN(C)C5)c3Cl)c2C)cc1OC. The van der Waals surface area contributed by atoms with Crippen molar-refractivity contribution < 1.29 is 14.3 Å². The molecule has 0 radical (unpaired) electrons. The molecule has 3 heterocycles. The molecule has 2 aromatic carbocycles. The van der Waals surface area contributed by atoms with E-state index in [0.29, 0.717) is 47.6 Å². The van der Waals surface area contributed by atoms with Crippen molar-refractivity contribution in [2.45, 2.75) is 26.4 Å². The molecule has 10 nitrogen and oxygen atoms in total. The van der Waals surface area contributed by atoms with Gasteiger partial charge in [-0.05, 0) is 37.2 Å². The molecule has 0 saturated carbocycles. The molecule has 0 atom stereocenters. The number of ether oxygens (including phenoxy) is 1. The van der Waals surface area contributed by atoms with E-state index in [2.05, 4.69) is 37.4 Å². The Kier molecular flexibility index (Phi) is 9.43. The van der Waals surface area contributed by atoms with E-state index >= 15 is 0 Å². The molecule has 2 amide bonds. The zero-order valence-corrected chi connectivity index (χ0v) is 26.1. The molecule has 0 aliphatic carbocycles. The maximum Gasteiger partial charge on any atom is 0.291 e. The highest BCUT2D eigenvalue weighted by atomic mass is 35.5. The molecule has 2 aromatic heterocycles. The van der Waals surface area contributed by atoms with Gasteiger partial charge in [0.25, 0.3) is 11.8 Å².